The number of nitrogens with one attached hydrogen (secondary N) is 1. The van der Waals surface area contributed by atoms with Gasteiger partial charge >= 0.3 is 0 Å². The minimum absolute atomic E-state index is 0.0522. The van der Waals surface area contributed by atoms with E-state index in [9.17, 15) is 8.78 Å². The van der Waals surface area contributed by atoms with E-state index in [1.165, 1.54) is 24.3 Å². The number of hydrogen-bond donors (Lipinski definition) is 2. The molecule has 2 aromatic carbocycles. The normalized spacial score (nSPS) is 10.5. The lowest BCUT2D eigenvalue weighted by Crippen LogP contribution is -2.05. The molecule has 0 aliphatic heterocycles. The number of nitrogens with two attached hydrogens (primary N) is 1. The van der Waals surface area contributed by atoms with Gasteiger partial charge in [0.15, 0.2) is 11.6 Å². The Morgan fingerprint density at radius 2 is 1.95 bits per heavy atom. The monoisotopic (exact) mass is 312 g/mol. The highest BCUT2D eigenvalue weighted by atomic mass is 35.5. The summed E-state index contributed by atoms with van der Waals surface area (Å²) in [6, 6.07) is 7.12. The number of benzene rings is 2. The minimum atomic E-state index is -0.510. The molecular weight excluding hydrogens is 298 g/mol. The Bertz CT molecular complexity index is 650. The zero-order chi connectivity index (χ0) is 15.4. The van der Waals surface area contributed by atoms with Crippen molar-refractivity contribution in [3.8, 4) is 5.75 Å². The standard InChI is InChI=1S/C15H15ClF2N2O/c1-2-21-15-7-14(13(19)6-12(15)18)20-8-9-3-4-11(17)10(16)5-9/h3-7,20H,2,8,19H2,1H3. The molecule has 2 aromatic rings. The summed E-state index contributed by atoms with van der Waals surface area (Å²) in [6.07, 6.45) is 0. The van der Waals surface area contributed by atoms with Gasteiger partial charge in [-0.05, 0) is 24.6 Å². The number of hydrogen-bond acceptors (Lipinski definition) is 3. The second kappa shape index (κ2) is 6.63. The molecule has 112 valence electrons. The van der Waals surface area contributed by atoms with Gasteiger partial charge in [0, 0.05) is 18.7 Å². The van der Waals surface area contributed by atoms with E-state index in [2.05, 4.69) is 5.32 Å². The summed E-state index contributed by atoms with van der Waals surface area (Å²) >= 11 is 5.72. The van der Waals surface area contributed by atoms with Gasteiger partial charge in [0.25, 0.3) is 0 Å². The van der Waals surface area contributed by atoms with Crippen molar-refractivity contribution in [1.29, 1.82) is 0 Å². The lowest BCUT2D eigenvalue weighted by atomic mass is 10.2. The molecule has 0 saturated carbocycles. The van der Waals surface area contributed by atoms with Crippen LogP contribution in [0.3, 0.4) is 0 Å². The van der Waals surface area contributed by atoms with Gasteiger partial charge < -0.3 is 15.8 Å². The third-order valence-corrected chi connectivity index (χ3v) is 3.16. The van der Waals surface area contributed by atoms with E-state index in [0.717, 1.165) is 5.56 Å². The average molecular weight is 313 g/mol. The zero-order valence-electron chi connectivity index (χ0n) is 11.4. The summed E-state index contributed by atoms with van der Waals surface area (Å²) in [7, 11) is 0. The van der Waals surface area contributed by atoms with E-state index in [-0.39, 0.29) is 16.5 Å². The van der Waals surface area contributed by atoms with Crippen LogP contribution in [0.1, 0.15) is 12.5 Å². The molecule has 0 heterocycles. The van der Waals surface area contributed by atoms with Crippen LogP contribution in [0.5, 0.6) is 5.75 Å². The Kier molecular flexibility index (Phi) is 4.85. The fourth-order valence-corrected chi connectivity index (χ4v) is 2.04. The van der Waals surface area contributed by atoms with Crippen molar-refractivity contribution >= 4 is 23.0 Å². The van der Waals surface area contributed by atoms with Gasteiger partial charge in [0.05, 0.1) is 23.0 Å². The first-order chi connectivity index (χ1) is 10.0. The third kappa shape index (κ3) is 3.76. The highest BCUT2D eigenvalue weighted by molar-refractivity contribution is 6.30. The second-order valence-corrected chi connectivity index (χ2v) is 4.81. The second-order valence-electron chi connectivity index (χ2n) is 4.40. The number of halogens is 3. The van der Waals surface area contributed by atoms with Gasteiger partial charge in [0.1, 0.15) is 5.82 Å². The molecule has 0 fully saturated rings. The van der Waals surface area contributed by atoms with Gasteiger partial charge in [-0.3, -0.25) is 0 Å². The molecule has 0 bridgehead atoms. The highest BCUT2D eigenvalue weighted by Gasteiger charge is 2.09. The topological polar surface area (TPSA) is 47.3 Å². The fraction of sp³-hybridized carbons (Fsp3) is 0.200. The number of rotatable bonds is 5. The maximum Gasteiger partial charge on any atom is 0.167 e. The summed E-state index contributed by atoms with van der Waals surface area (Å²) in [5.41, 5.74) is 7.35. The molecule has 0 aliphatic carbocycles. The van der Waals surface area contributed by atoms with E-state index < -0.39 is 11.6 Å². The molecule has 0 unspecified atom stereocenters. The molecule has 0 spiro atoms. The van der Waals surface area contributed by atoms with Crippen molar-refractivity contribution < 1.29 is 13.5 Å². The van der Waals surface area contributed by atoms with Crippen molar-refractivity contribution in [2.75, 3.05) is 17.7 Å². The Labute approximate surface area is 126 Å². The van der Waals surface area contributed by atoms with E-state index in [4.69, 9.17) is 22.1 Å². The molecule has 21 heavy (non-hydrogen) atoms. The molecule has 0 aliphatic rings. The molecule has 6 heteroatoms. The molecule has 0 radical (unpaired) electrons. The number of nitrogen functional groups attached to an aromatic ring is 1. The van der Waals surface area contributed by atoms with E-state index in [0.29, 0.717) is 18.8 Å². The number of ether oxygens (including phenoxy) is 1. The Balaban J connectivity index is 2.15. The van der Waals surface area contributed by atoms with Crippen LogP contribution < -0.4 is 15.8 Å². The van der Waals surface area contributed by atoms with E-state index in [1.54, 1.807) is 13.0 Å². The smallest absolute Gasteiger partial charge is 0.167 e. The fourth-order valence-electron chi connectivity index (χ4n) is 1.83. The summed E-state index contributed by atoms with van der Waals surface area (Å²) in [5, 5.41) is 3.10. The summed E-state index contributed by atoms with van der Waals surface area (Å²) in [6.45, 7) is 2.50. The minimum Gasteiger partial charge on any atom is -0.491 e. The summed E-state index contributed by atoms with van der Waals surface area (Å²) in [4.78, 5) is 0. The molecule has 0 saturated heterocycles. The first kappa shape index (κ1) is 15.4. The van der Waals surface area contributed by atoms with Crippen LogP contribution in [0.25, 0.3) is 0 Å². The largest absolute Gasteiger partial charge is 0.491 e. The van der Waals surface area contributed by atoms with Crippen molar-refractivity contribution in [2.24, 2.45) is 0 Å². The molecule has 0 atom stereocenters. The van der Waals surface area contributed by atoms with Gasteiger partial charge in [-0.1, -0.05) is 17.7 Å². The quantitative estimate of drug-likeness (QED) is 0.813. The zero-order valence-corrected chi connectivity index (χ0v) is 12.2. The first-order valence-electron chi connectivity index (χ1n) is 6.41. The lowest BCUT2D eigenvalue weighted by Gasteiger charge is -2.13. The van der Waals surface area contributed by atoms with Crippen molar-refractivity contribution in [2.45, 2.75) is 13.5 Å². The van der Waals surface area contributed by atoms with Gasteiger partial charge in [-0.25, -0.2) is 8.78 Å². The van der Waals surface area contributed by atoms with E-state index in [1.807, 2.05) is 0 Å². The van der Waals surface area contributed by atoms with Crippen LogP contribution in [0, 0.1) is 11.6 Å². The van der Waals surface area contributed by atoms with E-state index >= 15 is 0 Å². The van der Waals surface area contributed by atoms with Crippen LogP contribution >= 0.6 is 11.6 Å². The van der Waals surface area contributed by atoms with Crippen LogP contribution in [0.2, 0.25) is 5.02 Å². The average Bonchev–Trinajstić information content (AvgIpc) is 2.44. The summed E-state index contributed by atoms with van der Waals surface area (Å²) < 4.78 is 31.8. The first-order valence-corrected chi connectivity index (χ1v) is 6.78. The van der Waals surface area contributed by atoms with Gasteiger partial charge in [0.2, 0.25) is 0 Å². The summed E-state index contributed by atoms with van der Waals surface area (Å²) in [5.74, 6) is -0.851. The molecule has 2 rings (SSSR count). The molecule has 0 aromatic heterocycles. The lowest BCUT2D eigenvalue weighted by molar-refractivity contribution is 0.322. The van der Waals surface area contributed by atoms with Crippen LogP contribution in [0.15, 0.2) is 30.3 Å². The van der Waals surface area contributed by atoms with Crippen LogP contribution in [-0.2, 0) is 6.54 Å². The predicted molar refractivity (Wildman–Crippen MR) is 80.7 cm³/mol. The predicted octanol–water partition coefficient (Wildman–Crippen LogP) is 4.21. The Morgan fingerprint density at radius 1 is 1.19 bits per heavy atom. The van der Waals surface area contributed by atoms with Crippen molar-refractivity contribution in [3.63, 3.8) is 0 Å². The van der Waals surface area contributed by atoms with Crippen molar-refractivity contribution in [3.05, 3.63) is 52.6 Å². The highest BCUT2D eigenvalue weighted by Crippen LogP contribution is 2.29. The number of anilines is 2. The SMILES string of the molecule is CCOc1cc(NCc2ccc(F)c(Cl)c2)c(N)cc1F. The maximum absolute atomic E-state index is 13.6. The van der Waals surface area contributed by atoms with Crippen LogP contribution in [0.4, 0.5) is 20.2 Å². The Hall–Kier alpha value is -2.01. The third-order valence-electron chi connectivity index (χ3n) is 2.87. The Morgan fingerprint density at radius 3 is 2.62 bits per heavy atom. The molecular formula is C15H15ClF2N2O. The van der Waals surface area contributed by atoms with Gasteiger partial charge in [-0.2, -0.15) is 0 Å². The molecule has 3 nitrogen and oxygen atoms in total. The molecule has 0 amide bonds. The van der Waals surface area contributed by atoms with Crippen LogP contribution in [-0.4, -0.2) is 6.61 Å². The van der Waals surface area contributed by atoms with Crippen molar-refractivity contribution in [1.82, 2.24) is 0 Å². The maximum atomic E-state index is 13.6. The molecule has 3 N–H and O–H groups in total. The van der Waals surface area contributed by atoms with Gasteiger partial charge in [-0.15, -0.1) is 0 Å².